The Morgan fingerprint density at radius 3 is 2.88 bits per heavy atom. The average molecular weight is 215 g/mol. The third-order valence-electron chi connectivity index (χ3n) is 3.65. The van der Waals surface area contributed by atoms with Crippen LogP contribution in [0.5, 0.6) is 0 Å². The van der Waals surface area contributed by atoms with Crippen LogP contribution < -0.4 is 5.73 Å². The topological polar surface area (TPSA) is 43.8 Å². The molecular weight excluding hydrogens is 198 g/mol. The molecule has 1 aromatic heterocycles. The molecule has 16 heavy (non-hydrogen) atoms. The van der Waals surface area contributed by atoms with Gasteiger partial charge in [-0.25, -0.2) is 4.98 Å². The SMILES string of the molecule is Cc1cccc2c1nc(N)n2CC1(C)CC1. The zero-order valence-electron chi connectivity index (χ0n) is 9.83. The highest BCUT2D eigenvalue weighted by Gasteiger charge is 2.38. The number of anilines is 1. The molecule has 0 saturated heterocycles. The Balaban J connectivity index is 2.15. The molecule has 0 spiro atoms. The Bertz CT molecular complexity index is 550. The molecule has 0 radical (unpaired) electrons. The molecule has 1 saturated carbocycles. The number of nitrogen functional groups attached to an aromatic ring is 1. The van der Waals surface area contributed by atoms with Crippen LogP contribution in [0.2, 0.25) is 0 Å². The summed E-state index contributed by atoms with van der Waals surface area (Å²) in [6.07, 6.45) is 2.61. The minimum atomic E-state index is 0.450. The first-order chi connectivity index (χ1) is 7.59. The van der Waals surface area contributed by atoms with Gasteiger partial charge in [-0.3, -0.25) is 0 Å². The zero-order chi connectivity index (χ0) is 11.3. The van der Waals surface area contributed by atoms with Gasteiger partial charge in [-0.05, 0) is 36.8 Å². The average Bonchev–Trinajstić information content (AvgIpc) is 2.88. The Labute approximate surface area is 95.3 Å². The van der Waals surface area contributed by atoms with Crippen molar-refractivity contribution in [3.05, 3.63) is 23.8 Å². The van der Waals surface area contributed by atoms with E-state index < -0.39 is 0 Å². The highest BCUT2D eigenvalue weighted by atomic mass is 15.2. The van der Waals surface area contributed by atoms with Gasteiger partial charge in [0.05, 0.1) is 11.0 Å². The summed E-state index contributed by atoms with van der Waals surface area (Å²) in [6, 6.07) is 6.26. The van der Waals surface area contributed by atoms with E-state index in [0.29, 0.717) is 11.4 Å². The van der Waals surface area contributed by atoms with Crippen LogP contribution in [0.4, 0.5) is 5.95 Å². The number of fused-ring (bicyclic) bond motifs is 1. The second-order valence-corrected chi connectivity index (χ2v) is 5.31. The van der Waals surface area contributed by atoms with Gasteiger partial charge in [-0.1, -0.05) is 19.1 Å². The molecule has 3 rings (SSSR count). The molecule has 84 valence electrons. The van der Waals surface area contributed by atoms with Crippen molar-refractivity contribution in [3.63, 3.8) is 0 Å². The van der Waals surface area contributed by atoms with Crippen LogP contribution >= 0.6 is 0 Å². The molecule has 1 aliphatic carbocycles. The summed E-state index contributed by atoms with van der Waals surface area (Å²) in [5.41, 5.74) is 9.87. The van der Waals surface area contributed by atoms with Gasteiger partial charge in [-0.2, -0.15) is 0 Å². The molecule has 0 atom stereocenters. The first kappa shape index (κ1) is 9.70. The van der Waals surface area contributed by atoms with Crippen LogP contribution in [0.3, 0.4) is 0 Å². The fourth-order valence-electron chi connectivity index (χ4n) is 2.22. The van der Waals surface area contributed by atoms with Crippen molar-refractivity contribution in [3.8, 4) is 0 Å². The minimum absolute atomic E-state index is 0.450. The Morgan fingerprint density at radius 1 is 1.44 bits per heavy atom. The fraction of sp³-hybridized carbons (Fsp3) is 0.462. The van der Waals surface area contributed by atoms with Crippen LogP contribution in [-0.2, 0) is 6.54 Å². The smallest absolute Gasteiger partial charge is 0.201 e. The molecule has 0 unspecified atom stereocenters. The van der Waals surface area contributed by atoms with Gasteiger partial charge in [0.2, 0.25) is 5.95 Å². The summed E-state index contributed by atoms with van der Waals surface area (Å²) in [7, 11) is 0. The minimum Gasteiger partial charge on any atom is -0.369 e. The third-order valence-corrected chi connectivity index (χ3v) is 3.65. The number of imidazole rings is 1. The standard InChI is InChI=1S/C13H17N3/c1-9-4-3-5-10-11(9)15-12(14)16(10)8-13(2)6-7-13/h3-5H,6-8H2,1-2H3,(H2,14,15). The number of benzene rings is 1. The zero-order valence-corrected chi connectivity index (χ0v) is 9.83. The maximum absolute atomic E-state index is 6.01. The lowest BCUT2D eigenvalue weighted by atomic mass is 10.1. The monoisotopic (exact) mass is 215 g/mol. The van der Waals surface area contributed by atoms with E-state index in [2.05, 4.69) is 41.6 Å². The van der Waals surface area contributed by atoms with Crippen molar-refractivity contribution in [1.82, 2.24) is 9.55 Å². The molecule has 2 aromatic rings. The molecule has 0 aliphatic heterocycles. The summed E-state index contributed by atoms with van der Waals surface area (Å²) in [5, 5.41) is 0. The second-order valence-electron chi connectivity index (χ2n) is 5.31. The predicted octanol–water partition coefficient (Wildman–Crippen LogP) is 2.73. The van der Waals surface area contributed by atoms with Crippen molar-refractivity contribution < 1.29 is 0 Å². The predicted molar refractivity (Wildman–Crippen MR) is 66.2 cm³/mol. The van der Waals surface area contributed by atoms with Gasteiger partial charge in [0, 0.05) is 6.54 Å². The van der Waals surface area contributed by atoms with E-state index >= 15 is 0 Å². The van der Waals surface area contributed by atoms with Gasteiger partial charge in [0.25, 0.3) is 0 Å². The number of aromatic nitrogens is 2. The van der Waals surface area contributed by atoms with Gasteiger partial charge in [-0.15, -0.1) is 0 Å². The van der Waals surface area contributed by atoms with Crippen LogP contribution in [0.15, 0.2) is 18.2 Å². The maximum atomic E-state index is 6.01. The summed E-state index contributed by atoms with van der Waals surface area (Å²) in [4.78, 5) is 4.47. The van der Waals surface area contributed by atoms with Gasteiger partial charge >= 0.3 is 0 Å². The number of hydrogen-bond acceptors (Lipinski definition) is 2. The highest BCUT2D eigenvalue weighted by Crippen LogP contribution is 2.47. The van der Waals surface area contributed by atoms with Crippen molar-refractivity contribution in [2.45, 2.75) is 33.2 Å². The molecule has 0 bridgehead atoms. The third kappa shape index (κ3) is 1.39. The number of aryl methyl sites for hydroxylation is 1. The number of nitrogens with two attached hydrogens (primary N) is 1. The van der Waals surface area contributed by atoms with E-state index in [1.807, 2.05) is 0 Å². The van der Waals surface area contributed by atoms with Gasteiger partial charge < -0.3 is 10.3 Å². The van der Waals surface area contributed by atoms with Crippen LogP contribution in [0.1, 0.15) is 25.3 Å². The summed E-state index contributed by atoms with van der Waals surface area (Å²) < 4.78 is 2.16. The van der Waals surface area contributed by atoms with Crippen LogP contribution in [-0.4, -0.2) is 9.55 Å². The van der Waals surface area contributed by atoms with Crippen molar-refractivity contribution in [1.29, 1.82) is 0 Å². The quantitative estimate of drug-likeness (QED) is 0.837. The first-order valence-electron chi connectivity index (χ1n) is 5.80. The maximum Gasteiger partial charge on any atom is 0.201 e. The van der Waals surface area contributed by atoms with E-state index in [9.17, 15) is 0 Å². The molecule has 0 amide bonds. The summed E-state index contributed by atoms with van der Waals surface area (Å²) in [6.45, 7) is 5.39. The first-order valence-corrected chi connectivity index (χ1v) is 5.80. The summed E-state index contributed by atoms with van der Waals surface area (Å²) >= 11 is 0. The Hall–Kier alpha value is -1.51. The van der Waals surface area contributed by atoms with E-state index in [4.69, 9.17) is 5.73 Å². The normalized spacial score (nSPS) is 17.9. The number of rotatable bonds is 2. The lowest BCUT2D eigenvalue weighted by Crippen LogP contribution is -2.10. The molecule has 1 aromatic carbocycles. The molecule has 1 aliphatic rings. The Morgan fingerprint density at radius 2 is 2.19 bits per heavy atom. The van der Waals surface area contributed by atoms with Crippen LogP contribution in [0.25, 0.3) is 11.0 Å². The van der Waals surface area contributed by atoms with E-state index in [1.54, 1.807) is 0 Å². The lowest BCUT2D eigenvalue weighted by Gasteiger charge is -2.11. The molecule has 2 N–H and O–H groups in total. The van der Waals surface area contributed by atoms with E-state index in [0.717, 1.165) is 12.1 Å². The van der Waals surface area contributed by atoms with Crippen molar-refractivity contribution >= 4 is 17.0 Å². The highest BCUT2D eigenvalue weighted by molar-refractivity contribution is 5.81. The van der Waals surface area contributed by atoms with Crippen molar-refractivity contribution in [2.75, 3.05) is 5.73 Å². The van der Waals surface area contributed by atoms with Gasteiger partial charge in [0.1, 0.15) is 0 Å². The molecule has 1 fully saturated rings. The van der Waals surface area contributed by atoms with Crippen molar-refractivity contribution in [2.24, 2.45) is 5.41 Å². The molecule has 3 nitrogen and oxygen atoms in total. The van der Waals surface area contributed by atoms with Crippen LogP contribution in [0, 0.1) is 12.3 Å². The number of para-hydroxylation sites is 1. The van der Waals surface area contributed by atoms with E-state index in [1.165, 1.54) is 23.9 Å². The van der Waals surface area contributed by atoms with Gasteiger partial charge in [0.15, 0.2) is 0 Å². The Kier molecular flexibility index (Phi) is 1.82. The summed E-state index contributed by atoms with van der Waals surface area (Å²) in [5.74, 6) is 0.650. The fourth-order valence-corrected chi connectivity index (χ4v) is 2.22. The second kappa shape index (κ2) is 3.00. The molecule has 1 heterocycles. The lowest BCUT2D eigenvalue weighted by molar-refractivity contribution is 0.476. The number of nitrogens with zero attached hydrogens (tertiary/aromatic N) is 2. The molecular formula is C13H17N3. The molecule has 3 heteroatoms. The van der Waals surface area contributed by atoms with E-state index in [-0.39, 0.29) is 0 Å². The largest absolute Gasteiger partial charge is 0.369 e. The number of hydrogen-bond donors (Lipinski definition) is 1.